The minimum absolute atomic E-state index is 0.0945. The Morgan fingerprint density at radius 1 is 0.862 bits per heavy atom. The van der Waals surface area contributed by atoms with E-state index >= 15 is 0 Å². The molecule has 0 bridgehead atoms. The van der Waals surface area contributed by atoms with Crippen LogP contribution in [0, 0.1) is 11.6 Å². The summed E-state index contributed by atoms with van der Waals surface area (Å²) in [6.45, 7) is 1.45. The quantitative estimate of drug-likeness (QED) is 0.634. The summed E-state index contributed by atoms with van der Waals surface area (Å²) in [5, 5.41) is 0. The van der Waals surface area contributed by atoms with Crippen LogP contribution < -0.4 is 4.90 Å². The smallest absolute Gasteiger partial charge is 0.218 e. The van der Waals surface area contributed by atoms with Crippen LogP contribution in [-0.4, -0.2) is 53.4 Å². The van der Waals surface area contributed by atoms with Gasteiger partial charge in [0.2, 0.25) is 10.0 Å². The maximum absolute atomic E-state index is 13.4. The standard InChI is InChI=1S/C19H19F2N5O2S/c20-16-9-15(10-17(21)11-16)13-29(27,28)26-7-5-25(6-8-26)19-12-18(22-14-23-19)24-3-1-2-4-24/h1-4,9-12,14H,5-8,13H2. The van der Waals surface area contributed by atoms with E-state index in [1.807, 2.05) is 40.1 Å². The molecule has 0 atom stereocenters. The lowest BCUT2D eigenvalue weighted by molar-refractivity contribution is 0.383. The first-order valence-electron chi connectivity index (χ1n) is 9.04. The summed E-state index contributed by atoms with van der Waals surface area (Å²) in [5.41, 5.74) is 0.0945. The predicted octanol–water partition coefficient (Wildman–Crippen LogP) is 2.20. The van der Waals surface area contributed by atoms with Crippen LogP contribution in [0.4, 0.5) is 14.6 Å². The van der Waals surface area contributed by atoms with Gasteiger partial charge in [0.05, 0.1) is 5.75 Å². The molecule has 152 valence electrons. The SMILES string of the molecule is O=S(=O)(Cc1cc(F)cc(F)c1)N1CCN(c2cc(-n3cccc3)ncn2)CC1. The van der Waals surface area contributed by atoms with Crippen molar-refractivity contribution in [3.63, 3.8) is 0 Å². The highest BCUT2D eigenvalue weighted by atomic mass is 32.2. The van der Waals surface area contributed by atoms with E-state index in [1.165, 1.54) is 10.6 Å². The zero-order chi connectivity index (χ0) is 20.4. The molecule has 3 aromatic rings. The fourth-order valence-electron chi connectivity index (χ4n) is 3.33. The summed E-state index contributed by atoms with van der Waals surface area (Å²) in [4.78, 5) is 10.5. The van der Waals surface area contributed by atoms with Gasteiger partial charge in [-0.25, -0.2) is 27.2 Å². The molecule has 1 aliphatic heterocycles. The van der Waals surface area contributed by atoms with Crippen LogP contribution in [0.15, 0.2) is 55.1 Å². The molecule has 0 aliphatic carbocycles. The monoisotopic (exact) mass is 419 g/mol. The van der Waals surface area contributed by atoms with E-state index in [0.717, 1.165) is 24.0 Å². The zero-order valence-corrected chi connectivity index (χ0v) is 16.3. The van der Waals surface area contributed by atoms with Gasteiger partial charge in [-0.1, -0.05) is 0 Å². The van der Waals surface area contributed by atoms with Crippen molar-refractivity contribution in [2.24, 2.45) is 0 Å². The van der Waals surface area contributed by atoms with Crippen molar-refractivity contribution >= 4 is 15.8 Å². The van der Waals surface area contributed by atoms with Gasteiger partial charge < -0.3 is 9.47 Å². The van der Waals surface area contributed by atoms with Crippen molar-refractivity contribution < 1.29 is 17.2 Å². The van der Waals surface area contributed by atoms with Gasteiger partial charge in [-0.05, 0) is 29.8 Å². The molecule has 0 unspecified atom stereocenters. The average molecular weight is 419 g/mol. The highest BCUT2D eigenvalue weighted by Gasteiger charge is 2.28. The van der Waals surface area contributed by atoms with E-state index in [-0.39, 0.29) is 18.7 Å². The first-order chi connectivity index (χ1) is 13.9. The van der Waals surface area contributed by atoms with E-state index in [1.54, 1.807) is 0 Å². The van der Waals surface area contributed by atoms with Crippen molar-refractivity contribution in [2.45, 2.75) is 5.75 Å². The molecular formula is C19H19F2N5O2S. The second-order valence-electron chi connectivity index (χ2n) is 6.74. The maximum atomic E-state index is 13.4. The number of piperazine rings is 1. The average Bonchev–Trinajstić information content (AvgIpc) is 3.22. The summed E-state index contributed by atoms with van der Waals surface area (Å²) in [7, 11) is -3.68. The largest absolute Gasteiger partial charge is 0.354 e. The molecule has 29 heavy (non-hydrogen) atoms. The normalized spacial score (nSPS) is 15.6. The molecule has 10 heteroatoms. The van der Waals surface area contributed by atoms with E-state index in [9.17, 15) is 17.2 Å². The highest BCUT2D eigenvalue weighted by Crippen LogP contribution is 2.20. The van der Waals surface area contributed by atoms with Crippen molar-refractivity contribution in [3.05, 3.63) is 72.3 Å². The third kappa shape index (κ3) is 4.43. The summed E-state index contributed by atoms with van der Waals surface area (Å²) in [6.07, 6.45) is 5.24. The summed E-state index contributed by atoms with van der Waals surface area (Å²) >= 11 is 0. The van der Waals surface area contributed by atoms with Crippen molar-refractivity contribution in [3.8, 4) is 5.82 Å². The molecule has 4 rings (SSSR count). The number of halogens is 2. The first-order valence-corrected chi connectivity index (χ1v) is 10.6. The lowest BCUT2D eigenvalue weighted by Gasteiger charge is -2.34. The third-order valence-corrected chi connectivity index (χ3v) is 6.58. The van der Waals surface area contributed by atoms with Crippen molar-refractivity contribution in [1.82, 2.24) is 18.8 Å². The minimum atomic E-state index is -3.68. The molecule has 7 nitrogen and oxygen atoms in total. The van der Waals surface area contributed by atoms with Crippen LogP contribution in [-0.2, 0) is 15.8 Å². The Balaban J connectivity index is 1.43. The molecule has 3 heterocycles. The third-order valence-electron chi connectivity index (χ3n) is 4.73. The van der Waals surface area contributed by atoms with Crippen LogP contribution in [0.25, 0.3) is 5.82 Å². The van der Waals surface area contributed by atoms with E-state index < -0.39 is 27.4 Å². The van der Waals surface area contributed by atoms with Gasteiger partial charge in [0, 0.05) is 50.7 Å². The molecule has 0 radical (unpaired) electrons. The van der Waals surface area contributed by atoms with Gasteiger partial charge in [-0.15, -0.1) is 0 Å². The Kier molecular flexibility index (Phi) is 5.29. The van der Waals surface area contributed by atoms with Gasteiger partial charge in [0.1, 0.15) is 29.6 Å². The molecule has 0 amide bonds. The molecule has 1 fully saturated rings. The van der Waals surface area contributed by atoms with Crippen molar-refractivity contribution in [2.75, 3.05) is 31.1 Å². The Hall–Kier alpha value is -2.85. The zero-order valence-electron chi connectivity index (χ0n) is 15.4. The Morgan fingerprint density at radius 2 is 1.48 bits per heavy atom. The summed E-state index contributed by atoms with van der Waals surface area (Å²) in [6, 6.07) is 8.45. The van der Waals surface area contributed by atoms with Gasteiger partial charge in [-0.3, -0.25) is 0 Å². The van der Waals surface area contributed by atoms with Crippen molar-refractivity contribution in [1.29, 1.82) is 0 Å². The second-order valence-corrected chi connectivity index (χ2v) is 8.71. The number of hydrogen-bond donors (Lipinski definition) is 0. The minimum Gasteiger partial charge on any atom is -0.354 e. The summed E-state index contributed by atoms with van der Waals surface area (Å²) in [5.74, 6) is -0.576. The number of benzene rings is 1. The molecule has 0 spiro atoms. The molecule has 1 saturated heterocycles. The van der Waals surface area contributed by atoms with Gasteiger partial charge in [-0.2, -0.15) is 4.31 Å². The fourth-order valence-corrected chi connectivity index (χ4v) is 4.82. The molecule has 1 aromatic carbocycles. The van der Waals surface area contributed by atoms with Crippen LogP contribution in [0.1, 0.15) is 5.56 Å². The number of aromatic nitrogens is 3. The number of nitrogens with zero attached hydrogens (tertiary/aromatic N) is 5. The number of sulfonamides is 1. The Labute approximate surface area is 167 Å². The van der Waals surface area contributed by atoms with Crippen LogP contribution >= 0.6 is 0 Å². The lowest BCUT2D eigenvalue weighted by atomic mass is 10.2. The van der Waals surface area contributed by atoms with Gasteiger partial charge in [0.25, 0.3) is 0 Å². The molecule has 2 aromatic heterocycles. The number of hydrogen-bond acceptors (Lipinski definition) is 5. The van der Waals surface area contributed by atoms with Gasteiger partial charge in [0.15, 0.2) is 0 Å². The first kappa shape index (κ1) is 19.5. The maximum Gasteiger partial charge on any atom is 0.218 e. The van der Waals surface area contributed by atoms with E-state index in [4.69, 9.17) is 0 Å². The Bertz CT molecular complexity index is 1080. The highest BCUT2D eigenvalue weighted by molar-refractivity contribution is 7.88. The number of rotatable bonds is 5. The lowest BCUT2D eigenvalue weighted by Crippen LogP contribution is -2.49. The molecular weight excluding hydrogens is 400 g/mol. The predicted molar refractivity (Wildman–Crippen MR) is 104 cm³/mol. The van der Waals surface area contributed by atoms with Gasteiger partial charge >= 0.3 is 0 Å². The molecule has 0 saturated carbocycles. The molecule has 0 N–H and O–H groups in total. The topological polar surface area (TPSA) is 71.3 Å². The number of anilines is 1. The Morgan fingerprint density at radius 3 is 2.14 bits per heavy atom. The van der Waals surface area contributed by atoms with Crippen LogP contribution in [0.2, 0.25) is 0 Å². The second kappa shape index (κ2) is 7.88. The van der Waals surface area contributed by atoms with Crippen LogP contribution in [0.5, 0.6) is 0 Å². The van der Waals surface area contributed by atoms with Crippen LogP contribution in [0.3, 0.4) is 0 Å². The van der Waals surface area contributed by atoms with E-state index in [2.05, 4.69) is 9.97 Å². The summed E-state index contributed by atoms with van der Waals surface area (Å²) < 4.78 is 55.2. The molecule has 1 aliphatic rings. The van der Waals surface area contributed by atoms with E-state index in [0.29, 0.717) is 18.9 Å². The fraction of sp³-hybridized carbons (Fsp3) is 0.263.